The minimum atomic E-state index is -0.0602. The normalized spacial score (nSPS) is 10.6. The van der Waals surface area contributed by atoms with E-state index in [1.54, 1.807) is 18.7 Å². The van der Waals surface area contributed by atoms with Crippen molar-refractivity contribution in [2.45, 2.75) is 39.8 Å². The molecule has 0 spiro atoms. The smallest absolute Gasteiger partial charge is 0.252 e. The fourth-order valence-electron chi connectivity index (χ4n) is 3.24. The van der Waals surface area contributed by atoms with Gasteiger partial charge in [0, 0.05) is 29.9 Å². The number of methoxy groups -OCH3 is 2. The first-order valence-electron chi connectivity index (χ1n) is 9.36. The quantitative estimate of drug-likeness (QED) is 0.555. The van der Waals surface area contributed by atoms with E-state index in [0.29, 0.717) is 42.5 Å². The molecule has 1 aromatic carbocycles. The molecule has 0 saturated heterocycles. The molecule has 3 aromatic rings. The van der Waals surface area contributed by atoms with Crippen molar-refractivity contribution in [1.82, 2.24) is 24.9 Å². The number of rotatable bonds is 8. The number of fused-ring (bicyclic) bond motifs is 1. The van der Waals surface area contributed by atoms with Gasteiger partial charge in [-0.3, -0.25) is 4.79 Å². The number of hydrogen-bond acceptors (Lipinski definition) is 7. The average Bonchev–Trinajstić information content (AvgIpc) is 3.15. The zero-order valence-electron chi connectivity index (χ0n) is 17.6. The molecule has 0 aliphatic rings. The number of benzene rings is 1. The number of amides is 1. The number of aryl methyl sites for hydroxylation is 2. The van der Waals surface area contributed by atoms with Gasteiger partial charge in [0.2, 0.25) is 5.91 Å². The van der Waals surface area contributed by atoms with Gasteiger partial charge in [0.25, 0.3) is 5.78 Å². The zero-order chi connectivity index (χ0) is 21.0. The number of aromatic nitrogens is 4. The fraction of sp³-hybridized carbons (Fsp3) is 0.400. The van der Waals surface area contributed by atoms with Crippen molar-refractivity contribution in [3.8, 4) is 11.5 Å². The molecule has 2 heterocycles. The lowest BCUT2D eigenvalue weighted by Crippen LogP contribution is -2.23. The van der Waals surface area contributed by atoms with Crippen LogP contribution in [0.4, 0.5) is 0 Å². The molecule has 3 rings (SSSR count). The molecule has 2 aromatic heterocycles. The van der Waals surface area contributed by atoms with Crippen molar-refractivity contribution in [2.24, 2.45) is 5.73 Å². The highest BCUT2D eigenvalue weighted by atomic mass is 35.5. The molecular weight excluding hydrogens is 408 g/mol. The summed E-state index contributed by atoms with van der Waals surface area (Å²) in [7, 11) is 3.20. The Balaban J connectivity index is 0.00000320. The molecule has 1 amide bonds. The van der Waals surface area contributed by atoms with E-state index >= 15 is 0 Å². The van der Waals surface area contributed by atoms with E-state index in [9.17, 15) is 4.79 Å². The second-order valence-corrected chi connectivity index (χ2v) is 6.66. The van der Waals surface area contributed by atoms with Crippen molar-refractivity contribution < 1.29 is 14.3 Å². The molecule has 0 aliphatic carbocycles. The van der Waals surface area contributed by atoms with E-state index in [1.165, 1.54) is 0 Å². The minimum absolute atomic E-state index is 0. The molecule has 30 heavy (non-hydrogen) atoms. The van der Waals surface area contributed by atoms with Crippen molar-refractivity contribution in [3.05, 3.63) is 46.5 Å². The molecule has 0 atom stereocenters. The van der Waals surface area contributed by atoms with Gasteiger partial charge >= 0.3 is 0 Å². The number of nitrogens with zero attached hydrogens (tertiary/aromatic N) is 4. The zero-order valence-corrected chi connectivity index (χ0v) is 18.4. The van der Waals surface area contributed by atoms with Gasteiger partial charge in [0.15, 0.2) is 5.82 Å². The Kier molecular flexibility index (Phi) is 7.96. The van der Waals surface area contributed by atoms with Crippen LogP contribution in [0.3, 0.4) is 0 Å². The number of hydrogen-bond donors (Lipinski definition) is 2. The Labute approximate surface area is 181 Å². The van der Waals surface area contributed by atoms with Crippen LogP contribution < -0.4 is 20.5 Å². The van der Waals surface area contributed by atoms with Crippen LogP contribution in [0.25, 0.3) is 5.78 Å². The highest BCUT2D eigenvalue weighted by Gasteiger charge is 2.14. The third kappa shape index (κ3) is 4.98. The van der Waals surface area contributed by atoms with E-state index in [1.807, 2.05) is 32.0 Å². The van der Waals surface area contributed by atoms with Gasteiger partial charge in [-0.25, -0.2) is 9.50 Å². The second-order valence-electron chi connectivity index (χ2n) is 6.66. The van der Waals surface area contributed by atoms with Crippen molar-refractivity contribution in [2.75, 3.05) is 14.2 Å². The minimum Gasteiger partial charge on any atom is -0.497 e. The predicted octanol–water partition coefficient (Wildman–Crippen LogP) is 1.89. The number of halogens is 1. The first-order chi connectivity index (χ1) is 14.0. The number of carbonyl (C=O) groups excluding carboxylic acids is 1. The van der Waals surface area contributed by atoms with E-state index in [-0.39, 0.29) is 24.9 Å². The summed E-state index contributed by atoms with van der Waals surface area (Å²) in [5.74, 6) is 2.43. The molecule has 10 heteroatoms. The lowest BCUT2D eigenvalue weighted by atomic mass is 10.1. The van der Waals surface area contributed by atoms with Gasteiger partial charge in [-0.2, -0.15) is 4.98 Å². The largest absolute Gasteiger partial charge is 0.497 e. The van der Waals surface area contributed by atoms with Crippen LogP contribution in [0.15, 0.2) is 18.2 Å². The van der Waals surface area contributed by atoms with Gasteiger partial charge in [-0.05, 0) is 44.0 Å². The molecule has 3 N–H and O–H groups in total. The maximum Gasteiger partial charge on any atom is 0.252 e. The van der Waals surface area contributed by atoms with Gasteiger partial charge in [-0.15, -0.1) is 17.5 Å². The van der Waals surface area contributed by atoms with E-state index < -0.39 is 0 Å². The predicted molar refractivity (Wildman–Crippen MR) is 115 cm³/mol. The number of nitrogens with one attached hydrogen (secondary N) is 1. The maximum absolute atomic E-state index is 12.4. The van der Waals surface area contributed by atoms with E-state index in [2.05, 4.69) is 20.4 Å². The first-order valence-corrected chi connectivity index (χ1v) is 9.36. The van der Waals surface area contributed by atoms with Gasteiger partial charge < -0.3 is 20.5 Å². The van der Waals surface area contributed by atoms with Crippen LogP contribution in [-0.4, -0.2) is 39.7 Å². The van der Waals surface area contributed by atoms with Crippen molar-refractivity contribution in [3.63, 3.8) is 0 Å². The average molecular weight is 435 g/mol. The summed E-state index contributed by atoms with van der Waals surface area (Å²) < 4.78 is 12.3. The highest BCUT2D eigenvalue weighted by molar-refractivity contribution is 5.85. The lowest BCUT2D eigenvalue weighted by molar-refractivity contribution is -0.121. The Morgan fingerprint density at radius 3 is 2.63 bits per heavy atom. The van der Waals surface area contributed by atoms with Gasteiger partial charge in [-0.1, -0.05) is 0 Å². The van der Waals surface area contributed by atoms with Crippen molar-refractivity contribution >= 4 is 24.1 Å². The van der Waals surface area contributed by atoms with Gasteiger partial charge in [0.1, 0.15) is 11.5 Å². The summed E-state index contributed by atoms with van der Waals surface area (Å²) in [6, 6.07) is 5.49. The Hall–Kier alpha value is -2.91. The molecule has 0 aliphatic heterocycles. The molecule has 0 saturated carbocycles. The Morgan fingerprint density at radius 2 is 1.97 bits per heavy atom. The van der Waals surface area contributed by atoms with E-state index in [4.69, 9.17) is 15.2 Å². The van der Waals surface area contributed by atoms with Crippen LogP contribution in [-0.2, 0) is 24.3 Å². The topological polar surface area (TPSA) is 117 Å². The maximum atomic E-state index is 12.4. The van der Waals surface area contributed by atoms with Crippen LogP contribution in [0.2, 0.25) is 0 Å². The fourth-order valence-corrected chi connectivity index (χ4v) is 3.24. The SMILES string of the molecule is COc1ccc(OC)c(CNC(=O)CCc2c(C)nc3nc(CN)nn3c2C)c1.Cl. The Bertz CT molecular complexity index is 1040. The second kappa shape index (κ2) is 10.2. The van der Waals surface area contributed by atoms with Gasteiger partial charge in [0.05, 0.1) is 20.8 Å². The van der Waals surface area contributed by atoms with E-state index in [0.717, 1.165) is 22.5 Å². The van der Waals surface area contributed by atoms with Crippen LogP contribution in [0.1, 0.15) is 34.8 Å². The number of carbonyl (C=O) groups is 1. The van der Waals surface area contributed by atoms with Crippen LogP contribution in [0.5, 0.6) is 11.5 Å². The summed E-state index contributed by atoms with van der Waals surface area (Å²) in [4.78, 5) is 21.2. The standard InChI is InChI=1S/C20H26N6O3.ClH/c1-12-16(13(2)26-20(23-12)24-18(10-21)25-26)6-8-19(27)22-11-14-9-15(28-3)5-7-17(14)29-4;/h5,7,9H,6,8,10-11,21H2,1-4H3,(H,22,27);1H. The summed E-state index contributed by atoms with van der Waals surface area (Å²) in [5, 5.41) is 7.30. The lowest BCUT2D eigenvalue weighted by Gasteiger charge is -2.12. The number of nitrogens with two attached hydrogens (primary N) is 1. The molecule has 0 unspecified atom stereocenters. The Morgan fingerprint density at radius 1 is 1.20 bits per heavy atom. The molecule has 0 fully saturated rings. The van der Waals surface area contributed by atoms with Crippen molar-refractivity contribution in [1.29, 1.82) is 0 Å². The summed E-state index contributed by atoms with van der Waals surface area (Å²) in [5.41, 5.74) is 9.22. The summed E-state index contributed by atoms with van der Waals surface area (Å²) in [6.07, 6.45) is 0.888. The third-order valence-electron chi connectivity index (χ3n) is 4.84. The molecule has 9 nitrogen and oxygen atoms in total. The first kappa shape index (κ1) is 23.4. The molecular formula is C20H27ClN6O3. The highest BCUT2D eigenvalue weighted by Crippen LogP contribution is 2.23. The number of ether oxygens (including phenoxy) is 2. The third-order valence-corrected chi connectivity index (χ3v) is 4.84. The monoisotopic (exact) mass is 434 g/mol. The van der Waals surface area contributed by atoms with Crippen LogP contribution in [0, 0.1) is 13.8 Å². The molecule has 162 valence electrons. The molecule has 0 bridgehead atoms. The summed E-state index contributed by atoms with van der Waals surface area (Å²) in [6.45, 7) is 4.48. The molecule has 0 radical (unpaired) electrons. The summed E-state index contributed by atoms with van der Waals surface area (Å²) >= 11 is 0. The van der Waals surface area contributed by atoms with Crippen LogP contribution >= 0.6 is 12.4 Å².